The van der Waals surface area contributed by atoms with E-state index in [1.807, 2.05) is 0 Å². The van der Waals surface area contributed by atoms with E-state index in [4.69, 9.17) is 0 Å². The summed E-state index contributed by atoms with van der Waals surface area (Å²) >= 11 is 0. The van der Waals surface area contributed by atoms with Gasteiger partial charge in [0.2, 0.25) is 0 Å². The van der Waals surface area contributed by atoms with E-state index >= 15 is 0 Å². The summed E-state index contributed by atoms with van der Waals surface area (Å²) in [6.45, 7) is 0. The predicted octanol–water partition coefficient (Wildman–Crippen LogP) is -1.14. The van der Waals surface area contributed by atoms with Crippen LogP contribution in [0.2, 0.25) is 0 Å². The first-order valence-corrected chi connectivity index (χ1v) is 0. The molecule has 0 spiro atoms. The first-order chi connectivity index (χ1) is 0. The molecule has 0 aliphatic rings. The van der Waals surface area contributed by atoms with E-state index in [0.29, 0.717) is 0 Å². The Bertz CT molecular complexity index is 6.00. The van der Waals surface area contributed by atoms with E-state index in [1.54, 1.807) is 0 Å². The summed E-state index contributed by atoms with van der Waals surface area (Å²) in [6.07, 6.45) is 0. The van der Waals surface area contributed by atoms with Crippen molar-refractivity contribution >= 4 is 92.8 Å². The van der Waals surface area contributed by atoms with Crippen LogP contribution in [0.4, 0.5) is 0 Å². The van der Waals surface area contributed by atoms with Crippen molar-refractivity contribution in [3.63, 3.8) is 0 Å². The molecule has 0 aromatic carbocycles. The Labute approximate surface area is 117 Å². The molecule has 0 aliphatic carbocycles. The van der Waals surface area contributed by atoms with Crippen LogP contribution in [0.1, 0.15) is 0 Å². The summed E-state index contributed by atoms with van der Waals surface area (Å²) in [5.74, 6) is 0. The van der Waals surface area contributed by atoms with Crippen LogP contribution in [0.5, 0.6) is 0 Å². The molecule has 0 aliphatic heterocycles. The second kappa shape index (κ2) is 15.8. The maximum absolute atomic E-state index is 0. The van der Waals surface area contributed by atoms with Gasteiger partial charge in [0.25, 0.3) is 0 Å². The summed E-state index contributed by atoms with van der Waals surface area (Å²) in [4.78, 5) is 0. The van der Waals surface area contributed by atoms with Gasteiger partial charge in [-0.1, -0.05) is 0 Å². The third-order valence-electron chi connectivity index (χ3n) is 0. The Kier molecular flexibility index (Phi) is 96.7. The van der Waals surface area contributed by atoms with E-state index in [-0.39, 0.29) is 120 Å². The van der Waals surface area contributed by atoms with Crippen molar-refractivity contribution in [3.05, 3.63) is 0 Å². The number of rotatable bonds is 0. The van der Waals surface area contributed by atoms with E-state index in [0.717, 1.165) is 0 Å². The van der Waals surface area contributed by atoms with Crippen LogP contribution in [-0.2, 0) is 27.3 Å². The Morgan fingerprint density at radius 2 is 0.750 bits per heavy atom. The minimum Gasteiger partial charge on any atom is -2.00 e. The average molecular weight is 455 g/mol. The molecule has 0 nitrogen and oxygen atoms in total. The zero-order chi connectivity index (χ0) is 0. The SMILES string of the molecule is [Cd+2].[Sr+2].[Te-2].[Te-2]. The van der Waals surface area contributed by atoms with Gasteiger partial charge in [-0.2, -0.15) is 0 Å². The van der Waals surface area contributed by atoms with E-state index in [9.17, 15) is 0 Å². The van der Waals surface area contributed by atoms with Gasteiger partial charge in [-0.3, -0.25) is 0 Å². The monoisotopic (exact) mass is 462 g/mol. The zero-order valence-electron chi connectivity index (χ0n) is 2.23. The van der Waals surface area contributed by atoms with Crippen LogP contribution in [0.3, 0.4) is 0 Å². The van der Waals surface area contributed by atoms with Gasteiger partial charge >= 0.3 is 72.8 Å². The molecule has 16 valence electrons. The molecule has 0 aromatic rings. The molecule has 0 saturated heterocycles. The molecule has 4 heteroatoms. The van der Waals surface area contributed by atoms with Gasteiger partial charge in [0.1, 0.15) is 0 Å². The summed E-state index contributed by atoms with van der Waals surface area (Å²) < 4.78 is 0. The van der Waals surface area contributed by atoms with Crippen molar-refractivity contribution in [2.45, 2.75) is 0 Å². The standard InChI is InChI=1S/Cd.Sr.2Te/q2*+2;2*-2. The fourth-order valence-corrected chi connectivity index (χ4v) is 0. The Morgan fingerprint density at radius 1 is 0.750 bits per heavy atom. The molecule has 0 atom stereocenters. The molecule has 4 heavy (non-hydrogen) atoms. The third kappa shape index (κ3) is 9.36. The van der Waals surface area contributed by atoms with E-state index in [1.165, 1.54) is 0 Å². The second-order valence-corrected chi connectivity index (χ2v) is 0. The smallest absolute Gasteiger partial charge is 2.00 e. The van der Waals surface area contributed by atoms with E-state index < -0.39 is 0 Å². The van der Waals surface area contributed by atoms with Crippen molar-refractivity contribution in [1.82, 2.24) is 0 Å². The van der Waals surface area contributed by atoms with Crippen molar-refractivity contribution in [2.24, 2.45) is 0 Å². The Balaban J connectivity index is 0. The van der Waals surface area contributed by atoms with Gasteiger partial charge < -0.3 is 47.3 Å². The second-order valence-electron chi connectivity index (χ2n) is 0. The number of hydrogen-bond donors (Lipinski definition) is 0. The van der Waals surface area contributed by atoms with Gasteiger partial charge in [0.05, 0.1) is 0 Å². The van der Waals surface area contributed by atoms with Crippen LogP contribution >= 0.6 is 0 Å². The zero-order valence-corrected chi connectivity index (χ0v) is 14.4. The number of hydrogen-bond acceptors (Lipinski definition) is 0. The summed E-state index contributed by atoms with van der Waals surface area (Å²) in [6, 6.07) is 0. The summed E-state index contributed by atoms with van der Waals surface area (Å²) in [5, 5.41) is 0. The molecule has 0 N–H and O–H groups in total. The maximum Gasteiger partial charge on any atom is 2.00 e. The molecule has 0 fully saturated rings. The van der Waals surface area contributed by atoms with Crippen molar-refractivity contribution in [1.29, 1.82) is 0 Å². The van der Waals surface area contributed by atoms with Crippen LogP contribution in [0, 0.1) is 0 Å². The Morgan fingerprint density at radius 3 is 0.750 bits per heavy atom. The summed E-state index contributed by atoms with van der Waals surface area (Å²) in [7, 11) is 0. The minimum absolute atomic E-state index is 0. The molecule has 0 bridgehead atoms. The molecule has 0 heterocycles. The average Bonchev–Trinajstić information content (AvgIpc) is 0. The van der Waals surface area contributed by atoms with Crippen LogP contribution < -0.4 is 0 Å². The van der Waals surface area contributed by atoms with Gasteiger partial charge in [0, 0.05) is 0 Å². The molecule has 0 saturated carbocycles. The van der Waals surface area contributed by atoms with Crippen molar-refractivity contribution < 1.29 is 27.3 Å². The van der Waals surface area contributed by atoms with Gasteiger partial charge in [-0.05, 0) is 0 Å². The molecule has 0 radical (unpaired) electrons. The normalized spacial score (nSPS) is 0. The summed E-state index contributed by atoms with van der Waals surface area (Å²) in [5.41, 5.74) is 0. The molecular formula is CdSrTe2. The first kappa shape index (κ1) is 24.5. The largest absolute Gasteiger partial charge is 2.00 e. The predicted molar refractivity (Wildman–Crippen MR) is 17.3 cm³/mol. The fraction of sp³-hybridized carbons (Fsp3) is 0. The van der Waals surface area contributed by atoms with Crippen LogP contribution in [0.15, 0.2) is 0 Å². The topological polar surface area (TPSA) is 0 Å². The maximum atomic E-state index is 0. The van der Waals surface area contributed by atoms with Crippen LogP contribution in [-0.4, -0.2) is 92.8 Å². The molecule has 0 unspecified atom stereocenters. The van der Waals surface area contributed by atoms with E-state index in [2.05, 4.69) is 0 Å². The van der Waals surface area contributed by atoms with Gasteiger partial charge in [-0.15, -0.1) is 0 Å². The molecule has 0 aromatic heterocycles. The quantitative estimate of drug-likeness (QED) is 0.406. The van der Waals surface area contributed by atoms with Gasteiger partial charge in [-0.25, -0.2) is 0 Å². The van der Waals surface area contributed by atoms with Crippen molar-refractivity contribution in [3.8, 4) is 0 Å². The minimum atomic E-state index is 0. The Hall–Kier alpha value is 3.98. The van der Waals surface area contributed by atoms with Crippen LogP contribution in [0.25, 0.3) is 0 Å². The first-order valence-electron chi connectivity index (χ1n) is 0. The molecule has 0 rings (SSSR count). The molecule has 0 amide bonds. The van der Waals surface area contributed by atoms with Gasteiger partial charge in [0.15, 0.2) is 0 Å². The molecular weight excluding hydrogens is 455 g/mol. The fourth-order valence-electron chi connectivity index (χ4n) is 0. The third-order valence-corrected chi connectivity index (χ3v) is 0. The van der Waals surface area contributed by atoms with Crippen molar-refractivity contribution in [2.75, 3.05) is 0 Å².